The van der Waals surface area contributed by atoms with E-state index in [2.05, 4.69) is 65.7 Å². The second-order valence-electron chi connectivity index (χ2n) is 6.62. The molecule has 0 saturated heterocycles. The van der Waals surface area contributed by atoms with Crippen LogP contribution < -0.4 is 5.32 Å². The van der Waals surface area contributed by atoms with E-state index in [-0.39, 0.29) is 5.54 Å². The van der Waals surface area contributed by atoms with Gasteiger partial charge in [0.05, 0.1) is 0 Å². The average Bonchev–Trinajstić information content (AvgIpc) is 2.10. The first-order chi connectivity index (χ1) is 7.13. The molecule has 0 saturated carbocycles. The molecule has 0 rings (SSSR count). The SMILES string of the molecule is CC(C)CC(C)N(C)C(C)CNC(C)(C)C. The summed E-state index contributed by atoms with van der Waals surface area (Å²) < 4.78 is 0. The van der Waals surface area contributed by atoms with Crippen LogP contribution in [0, 0.1) is 5.92 Å². The van der Waals surface area contributed by atoms with E-state index in [0.29, 0.717) is 12.1 Å². The van der Waals surface area contributed by atoms with Crippen molar-refractivity contribution < 1.29 is 0 Å². The predicted octanol–water partition coefficient (Wildman–Crippen LogP) is 3.13. The van der Waals surface area contributed by atoms with Crippen LogP contribution in [0.25, 0.3) is 0 Å². The lowest BCUT2D eigenvalue weighted by molar-refractivity contribution is 0.165. The Morgan fingerprint density at radius 2 is 1.50 bits per heavy atom. The maximum absolute atomic E-state index is 3.57. The van der Waals surface area contributed by atoms with Crippen molar-refractivity contribution in [2.45, 2.75) is 72.5 Å². The zero-order valence-electron chi connectivity index (χ0n) is 12.6. The van der Waals surface area contributed by atoms with Gasteiger partial charge in [-0.3, -0.25) is 4.90 Å². The second-order valence-corrected chi connectivity index (χ2v) is 6.62. The van der Waals surface area contributed by atoms with Crippen LogP contribution in [-0.4, -0.2) is 36.1 Å². The smallest absolute Gasteiger partial charge is 0.0192 e. The van der Waals surface area contributed by atoms with Crippen LogP contribution in [0.1, 0.15) is 54.9 Å². The summed E-state index contributed by atoms with van der Waals surface area (Å²) in [4.78, 5) is 2.48. The van der Waals surface area contributed by atoms with E-state index in [0.717, 1.165) is 12.5 Å². The number of hydrogen-bond acceptors (Lipinski definition) is 2. The molecule has 16 heavy (non-hydrogen) atoms. The molecular formula is C14H32N2. The average molecular weight is 228 g/mol. The molecule has 0 aliphatic rings. The molecule has 2 nitrogen and oxygen atoms in total. The Morgan fingerprint density at radius 1 is 1.00 bits per heavy atom. The molecule has 2 heteroatoms. The van der Waals surface area contributed by atoms with Crippen molar-refractivity contribution in [1.29, 1.82) is 0 Å². The van der Waals surface area contributed by atoms with Crippen molar-refractivity contribution >= 4 is 0 Å². The molecular weight excluding hydrogens is 196 g/mol. The fraction of sp³-hybridized carbons (Fsp3) is 1.00. The Bertz CT molecular complexity index is 182. The highest BCUT2D eigenvalue weighted by molar-refractivity contribution is 4.77. The van der Waals surface area contributed by atoms with Crippen molar-refractivity contribution in [2.24, 2.45) is 5.92 Å². The van der Waals surface area contributed by atoms with Gasteiger partial charge in [-0.25, -0.2) is 0 Å². The third-order valence-corrected chi connectivity index (χ3v) is 3.13. The highest BCUT2D eigenvalue weighted by atomic mass is 15.2. The Kier molecular flexibility index (Phi) is 6.57. The van der Waals surface area contributed by atoms with Crippen LogP contribution in [0.3, 0.4) is 0 Å². The first kappa shape index (κ1) is 15.9. The van der Waals surface area contributed by atoms with Gasteiger partial charge in [-0.15, -0.1) is 0 Å². The fourth-order valence-electron chi connectivity index (χ4n) is 1.88. The monoisotopic (exact) mass is 228 g/mol. The minimum absolute atomic E-state index is 0.219. The first-order valence-electron chi connectivity index (χ1n) is 6.60. The Hall–Kier alpha value is -0.0800. The number of nitrogens with zero attached hydrogens (tertiary/aromatic N) is 1. The van der Waals surface area contributed by atoms with Crippen molar-refractivity contribution in [3.63, 3.8) is 0 Å². The van der Waals surface area contributed by atoms with Gasteiger partial charge in [-0.2, -0.15) is 0 Å². The lowest BCUT2D eigenvalue weighted by Gasteiger charge is -2.34. The van der Waals surface area contributed by atoms with Crippen LogP contribution >= 0.6 is 0 Å². The van der Waals surface area contributed by atoms with Crippen LogP contribution in [-0.2, 0) is 0 Å². The van der Waals surface area contributed by atoms with Gasteiger partial charge < -0.3 is 5.32 Å². The van der Waals surface area contributed by atoms with E-state index in [4.69, 9.17) is 0 Å². The molecule has 0 aromatic heterocycles. The Balaban J connectivity index is 4.02. The Morgan fingerprint density at radius 3 is 1.88 bits per heavy atom. The molecule has 0 radical (unpaired) electrons. The standard InChI is InChI=1S/C14H32N2/c1-11(2)9-12(3)16(8)13(4)10-15-14(5,6)7/h11-13,15H,9-10H2,1-8H3. The maximum atomic E-state index is 3.57. The molecule has 0 heterocycles. The van der Waals surface area contributed by atoms with Crippen LogP contribution in [0.4, 0.5) is 0 Å². The number of nitrogens with one attached hydrogen (secondary N) is 1. The third-order valence-electron chi connectivity index (χ3n) is 3.13. The van der Waals surface area contributed by atoms with Gasteiger partial charge in [-0.05, 0) is 54.0 Å². The van der Waals surface area contributed by atoms with E-state index in [1.54, 1.807) is 0 Å². The predicted molar refractivity (Wildman–Crippen MR) is 73.9 cm³/mol. The second kappa shape index (κ2) is 6.61. The van der Waals surface area contributed by atoms with Gasteiger partial charge >= 0.3 is 0 Å². The lowest BCUT2D eigenvalue weighted by atomic mass is 10.0. The van der Waals surface area contributed by atoms with Gasteiger partial charge in [0.1, 0.15) is 0 Å². The molecule has 0 amide bonds. The summed E-state index contributed by atoms with van der Waals surface area (Å²) in [6.07, 6.45) is 1.27. The molecule has 1 N–H and O–H groups in total. The lowest BCUT2D eigenvalue weighted by Crippen LogP contribution is -2.47. The summed E-state index contributed by atoms with van der Waals surface area (Å²) in [5, 5.41) is 3.57. The van der Waals surface area contributed by atoms with E-state index in [9.17, 15) is 0 Å². The van der Waals surface area contributed by atoms with Gasteiger partial charge in [0, 0.05) is 24.2 Å². The zero-order valence-corrected chi connectivity index (χ0v) is 12.6. The minimum Gasteiger partial charge on any atom is -0.311 e. The topological polar surface area (TPSA) is 15.3 Å². The molecule has 98 valence electrons. The fourth-order valence-corrected chi connectivity index (χ4v) is 1.88. The maximum Gasteiger partial charge on any atom is 0.0192 e. The molecule has 0 fully saturated rings. The quantitative estimate of drug-likeness (QED) is 0.751. The van der Waals surface area contributed by atoms with Crippen LogP contribution in [0.5, 0.6) is 0 Å². The van der Waals surface area contributed by atoms with E-state index < -0.39 is 0 Å². The molecule has 0 aliphatic heterocycles. The summed E-state index contributed by atoms with van der Waals surface area (Å²) in [5.74, 6) is 0.778. The molecule has 0 spiro atoms. The molecule has 0 aromatic carbocycles. The van der Waals surface area contributed by atoms with E-state index in [1.165, 1.54) is 6.42 Å². The molecule has 0 aromatic rings. The van der Waals surface area contributed by atoms with Crippen LogP contribution in [0.15, 0.2) is 0 Å². The summed E-state index contributed by atoms with van der Waals surface area (Å²) in [6.45, 7) is 16.9. The van der Waals surface area contributed by atoms with Crippen LogP contribution in [0.2, 0.25) is 0 Å². The summed E-state index contributed by atoms with van der Waals surface area (Å²) in [5.41, 5.74) is 0.219. The van der Waals surface area contributed by atoms with Crippen molar-refractivity contribution in [1.82, 2.24) is 10.2 Å². The largest absolute Gasteiger partial charge is 0.311 e. The summed E-state index contributed by atoms with van der Waals surface area (Å²) >= 11 is 0. The highest BCUT2D eigenvalue weighted by Gasteiger charge is 2.18. The number of hydrogen-bond donors (Lipinski definition) is 1. The van der Waals surface area contributed by atoms with Gasteiger partial charge in [-0.1, -0.05) is 13.8 Å². The molecule has 2 atom stereocenters. The molecule has 0 aliphatic carbocycles. The minimum atomic E-state index is 0.219. The Labute approximate surface area is 103 Å². The van der Waals surface area contributed by atoms with Crippen molar-refractivity contribution in [2.75, 3.05) is 13.6 Å². The van der Waals surface area contributed by atoms with Gasteiger partial charge in [0.2, 0.25) is 0 Å². The molecule has 2 unspecified atom stereocenters. The van der Waals surface area contributed by atoms with Gasteiger partial charge in [0.15, 0.2) is 0 Å². The zero-order chi connectivity index (χ0) is 12.9. The first-order valence-corrected chi connectivity index (χ1v) is 6.60. The van der Waals surface area contributed by atoms with Crippen molar-refractivity contribution in [3.8, 4) is 0 Å². The highest BCUT2D eigenvalue weighted by Crippen LogP contribution is 2.12. The molecule has 0 bridgehead atoms. The van der Waals surface area contributed by atoms with E-state index in [1.807, 2.05) is 0 Å². The third kappa shape index (κ3) is 7.24. The summed E-state index contributed by atoms with van der Waals surface area (Å²) in [6, 6.07) is 1.25. The van der Waals surface area contributed by atoms with E-state index >= 15 is 0 Å². The summed E-state index contributed by atoms with van der Waals surface area (Å²) in [7, 11) is 2.24. The van der Waals surface area contributed by atoms with Gasteiger partial charge in [0.25, 0.3) is 0 Å². The number of likely N-dealkylation sites (N-methyl/N-ethyl adjacent to an activating group) is 1. The van der Waals surface area contributed by atoms with Crippen molar-refractivity contribution in [3.05, 3.63) is 0 Å². The normalized spacial score (nSPS) is 16.9. The number of rotatable bonds is 6.